The third kappa shape index (κ3) is 3.11. The molecule has 0 saturated carbocycles. The lowest BCUT2D eigenvalue weighted by Gasteiger charge is -2.37. The van der Waals surface area contributed by atoms with Crippen LogP contribution in [0.25, 0.3) is 0 Å². The summed E-state index contributed by atoms with van der Waals surface area (Å²) in [5.41, 5.74) is 4.09. The first-order chi connectivity index (χ1) is 12.7. The van der Waals surface area contributed by atoms with E-state index in [4.69, 9.17) is 0 Å². The normalized spacial score (nSPS) is 26.0. The molecule has 2 aliphatic heterocycles. The molecule has 0 radical (unpaired) electrons. The van der Waals surface area contributed by atoms with E-state index in [-0.39, 0.29) is 29.7 Å². The molecule has 1 aromatic carbocycles. The molecule has 3 heterocycles. The SMILES string of the molecule is CCN1CC(C(=O)Nc2nccs2)C2NN(c3ccccc3)C(=O)C2C1. The van der Waals surface area contributed by atoms with Gasteiger partial charge >= 0.3 is 0 Å². The summed E-state index contributed by atoms with van der Waals surface area (Å²) >= 11 is 1.39. The number of rotatable bonds is 4. The van der Waals surface area contributed by atoms with Crippen LogP contribution in [0, 0.1) is 11.8 Å². The van der Waals surface area contributed by atoms with E-state index in [0.717, 1.165) is 12.2 Å². The zero-order chi connectivity index (χ0) is 18.1. The molecule has 8 heteroatoms. The maximum atomic E-state index is 13.0. The number of benzene rings is 1. The summed E-state index contributed by atoms with van der Waals surface area (Å²) in [6.07, 6.45) is 1.66. The Hall–Kier alpha value is -2.29. The van der Waals surface area contributed by atoms with E-state index in [1.54, 1.807) is 11.2 Å². The molecule has 0 spiro atoms. The average Bonchev–Trinajstić information content (AvgIpc) is 3.30. The maximum absolute atomic E-state index is 13.0. The van der Waals surface area contributed by atoms with Gasteiger partial charge in [-0.25, -0.2) is 15.4 Å². The molecule has 2 aliphatic rings. The van der Waals surface area contributed by atoms with Gasteiger partial charge < -0.3 is 10.2 Å². The van der Waals surface area contributed by atoms with Gasteiger partial charge in [-0.2, -0.15) is 0 Å². The van der Waals surface area contributed by atoms with E-state index < -0.39 is 0 Å². The molecule has 2 N–H and O–H groups in total. The smallest absolute Gasteiger partial charge is 0.247 e. The molecular formula is C18H21N5O2S. The van der Waals surface area contributed by atoms with E-state index in [9.17, 15) is 9.59 Å². The molecule has 1 aromatic heterocycles. The van der Waals surface area contributed by atoms with Crippen molar-refractivity contribution in [2.24, 2.45) is 11.8 Å². The number of fused-ring (bicyclic) bond motifs is 1. The van der Waals surface area contributed by atoms with Crippen molar-refractivity contribution in [3.8, 4) is 0 Å². The van der Waals surface area contributed by atoms with E-state index >= 15 is 0 Å². The summed E-state index contributed by atoms with van der Waals surface area (Å²) in [6, 6.07) is 9.29. The summed E-state index contributed by atoms with van der Waals surface area (Å²) in [5, 5.41) is 6.90. The van der Waals surface area contributed by atoms with Crippen LogP contribution in [0.3, 0.4) is 0 Å². The number of piperidine rings is 1. The largest absolute Gasteiger partial charge is 0.302 e. The highest BCUT2D eigenvalue weighted by molar-refractivity contribution is 7.13. The Balaban J connectivity index is 1.58. The third-order valence-electron chi connectivity index (χ3n) is 5.05. The van der Waals surface area contributed by atoms with Gasteiger partial charge in [0.15, 0.2) is 5.13 Å². The minimum absolute atomic E-state index is 0.0198. The van der Waals surface area contributed by atoms with E-state index in [2.05, 4.69) is 27.6 Å². The van der Waals surface area contributed by atoms with Crippen LogP contribution >= 0.6 is 11.3 Å². The molecule has 2 amide bonds. The second kappa shape index (κ2) is 7.14. The molecule has 4 rings (SSSR count). The predicted octanol–water partition coefficient (Wildman–Crippen LogP) is 1.57. The first kappa shape index (κ1) is 17.1. The molecule has 7 nitrogen and oxygen atoms in total. The monoisotopic (exact) mass is 371 g/mol. The number of hydrogen-bond donors (Lipinski definition) is 2. The number of likely N-dealkylation sites (tertiary alicyclic amines) is 1. The van der Waals surface area contributed by atoms with Crippen LogP contribution in [0.15, 0.2) is 41.9 Å². The lowest BCUT2D eigenvalue weighted by Crippen LogP contribution is -2.55. The second-order valence-electron chi connectivity index (χ2n) is 6.56. The number of thiazole rings is 1. The number of nitrogens with zero attached hydrogens (tertiary/aromatic N) is 3. The molecule has 0 aliphatic carbocycles. The highest BCUT2D eigenvalue weighted by atomic mass is 32.1. The molecule has 2 fully saturated rings. The molecule has 2 aromatic rings. The Kier molecular flexibility index (Phi) is 4.71. The van der Waals surface area contributed by atoms with Gasteiger partial charge in [0.05, 0.1) is 23.6 Å². The molecule has 3 atom stereocenters. The van der Waals surface area contributed by atoms with Crippen molar-refractivity contribution in [1.82, 2.24) is 15.3 Å². The lowest BCUT2D eigenvalue weighted by atomic mass is 9.84. The van der Waals surface area contributed by atoms with Crippen LogP contribution in [0.5, 0.6) is 0 Å². The lowest BCUT2D eigenvalue weighted by molar-refractivity contribution is -0.126. The molecular weight excluding hydrogens is 350 g/mol. The zero-order valence-corrected chi connectivity index (χ0v) is 15.3. The molecule has 136 valence electrons. The highest BCUT2D eigenvalue weighted by Gasteiger charge is 2.50. The molecule has 3 unspecified atom stereocenters. The van der Waals surface area contributed by atoms with Gasteiger partial charge in [-0.05, 0) is 18.7 Å². The Morgan fingerprint density at radius 1 is 1.35 bits per heavy atom. The van der Waals surface area contributed by atoms with Crippen LogP contribution < -0.4 is 15.8 Å². The number of hydrogen-bond acceptors (Lipinski definition) is 6. The topological polar surface area (TPSA) is 77.6 Å². The van der Waals surface area contributed by atoms with Crippen LogP contribution in [0.2, 0.25) is 0 Å². The van der Waals surface area contributed by atoms with E-state index in [1.807, 2.05) is 35.7 Å². The first-order valence-corrected chi connectivity index (χ1v) is 9.63. The van der Waals surface area contributed by atoms with E-state index in [1.165, 1.54) is 11.3 Å². The van der Waals surface area contributed by atoms with E-state index in [0.29, 0.717) is 18.2 Å². The van der Waals surface area contributed by atoms with Crippen molar-refractivity contribution in [3.05, 3.63) is 41.9 Å². The van der Waals surface area contributed by atoms with Crippen LogP contribution in [-0.4, -0.2) is 47.4 Å². The number of carbonyl (C=O) groups is 2. The molecule has 2 saturated heterocycles. The minimum atomic E-state index is -0.324. The standard InChI is InChI=1S/C18H21N5O2S/c1-2-22-10-13(16(24)20-18-19-8-9-26-18)15-14(11-22)17(25)23(21-15)12-6-4-3-5-7-12/h3-9,13-15,21H,2,10-11H2,1H3,(H,19,20,24). The van der Waals surface area contributed by atoms with Crippen molar-refractivity contribution < 1.29 is 9.59 Å². The number of aromatic nitrogens is 1. The molecule has 0 bridgehead atoms. The quantitative estimate of drug-likeness (QED) is 0.853. The van der Waals surface area contributed by atoms with Gasteiger partial charge in [-0.15, -0.1) is 11.3 Å². The third-order valence-corrected chi connectivity index (χ3v) is 5.74. The number of anilines is 2. The Morgan fingerprint density at radius 3 is 2.85 bits per heavy atom. The van der Waals surface area contributed by atoms with Gasteiger partial charge in [-0.3, -0.25) is 9.59 Å². The average molecular weight is 371 g/mol. The van der Waals surface area contributed by atoms with Crippen molar-refractivity contribution in [3.63, 3.8) is 0 Å². The first-order valence-electron chi connectivity index (χ1n) is 8.75. The predicted molar refractivity (Wildman–Crippen MR) is 101 cm³/mol. The van der Waals surface area contributed by atoms with Crippen molar-refractivity contribution >= 4 is 34.0 Å². The zero-order valence-electron chi connectivity index (χ0n) is 14.5. The fourth-order valence-corrected chi connectivity index (χ4v) is 4.23. The van der Waals surface area contributed by atoms with Gasteiger partial charge in [-0.1, -0.05) is 25.1 Å². The summed E-state index contributed by atoms with van der Waals surface area (Å²) in [7, 11) is 0. The van der Waals surface area contributed by atoms with Crippen LogP contribution in [-0.2, 0) is 9.59 Å². The Labute approximate surface area is 156 Å². The Bertz CT molecular complexity index is 782. The number of carbonyl (C=O) groups excluding carboxylic acids is 2. The summed E-state index contributed by atoms with van der Waals surface area (Å²) in [4.78, 5) is 32.2. The summed E-state index contributed by atoms with van der Waals surface area (Å²) in [6.45, 7) is 4.15. The van der Waals surface area contributed by atoms with Crippen molar-refractivity contribution in [2.45, 2.75) is 13.0 Å². The maximum Gasteiger partial charge on any atom is 0.247 e. The van der Waals surface area contributed by atoms with Gasteiger partial charge in [0, 0.05) is 24.7 Å². The second-order valence-corrected chi connectivity index (χ2v) is 7.45. The number of nitrogens with one attached hydrogen (secondary N) is 2. The number of para-hydroxylation sites is 1. The van der Waals surface area contributed by atoms with Crippen LogP contribution in [0.1, 0.15) is 6.92 Å². The van der Waals surface area contributed by atoms with Crippen LogP contribution in [0.4, 0.5) is 10.8 Å². The molecule has 26 heavy (non-hydrogen) atoms. The van der Waals surface area contributed by atoms with Gasteiger partial charge in [0.25, 0.3) is 0 Å². The van der Waals surface area contributed by atoms with Crippen molar-refractivity contribution in [2.75, 3.05) is 30.0 Å². The number of amides is 2. The fourth-order valence-electron chi connectivity index (χ4n) is 3.69. The fraction of sp³-hybridized carbons (Fsp3) is 0.389. The van der Waals surface area contributed by atoms with Gasteiger partial charge in [0.1, 0.15) is 0 Å². The highest BCUT2D eigenvalue weighted by Crippen LogP contribution is 2.32. The van der Waals surface area contributed by atoms with Crippen molar-refractivity contribution in [1.29, 1.82) is 0 Å². The summed E-state index contributed by atoms with van der Waals surface area (Å²) in [5.74, 6) is -0.638. The minimum Gasteiger partial charge on any atom is -0.302 e. The van der Waals surface area contributed by atoms with Gasteiger partial charge in [0.2, 0.25) is 11.8 Å². The Morgan fingerprint density at radius 2 is 2.15 bits per heavy atom. The summed E-state index contributed by atoms with van der Waals surface area (Å²) < 4.78 is 0. The number of hydrazine groups is 1.